The van der Waals surface area contributed by atoms with Gasteiger partial charge in [0.05, 0.1) is 13.7 Å². The number of nitrogens with one attached hydrogen (secondary N) is 2. The third kappa shape index (κ3) is 3.83. The van der Waals surface area contributed by atoms with E-state index in [0.717, 1.165) is 48.8 Å². The van der Waals surface area contributed by atoms with Gasteiger partial charge in [-0.25, -0.2) is 4.99 Å². The van der Waals surface area contributed by atoms with E-state index in [0.29, 0.717) is 12.6 Å². The minimum absolute atomic E-state index is 0.234. The normalized spacial score (nSPS) is 20.0. The van der Waals surface area contributed by atoms with Crippen LogP contribution >= 0.6 is 0 Å². The first-order chi connectivity index (χ1) is 11.7. The lowest BCUT2D eigenvalue weighted by Crippen LogP contribution is -2.42. The molecule has 0 amide bonds. The first-order valence-electron chi connectivity index (χ1n) is 8.76. The van der Waals surface area contributed by atoms with Crippen LogP contribution in [-0.4, -0.2) is 31.8 Å². The second-order valence-corrected chi connectivity index (χ2v) is 6.38. The molecule has 0 saturated heterocycles. The second kappa shape index (κ2) is 7.60. The van der Waals surface area contributed by atoms with Crippen LogP contribution in [0.5, 0.6) is 11.5 Å². The summed E-state index contributed by atoms with van der Waals surface area (Å²) in [5.74, 6) is 2.70. The number of hydrogen-bond acceptors (Lipinski definition) is 3. The van der Waals surface area contributed by atoms with Crippen molar-refractivity contribution in [3.8, 4) is 11.5 Å². The second-order valence-electron chi connectivity index (χ2n) is 6.38. The molecule has 1 aromatic carbocycles. The zero-order chi connectivity index (χ0) is 16.9. The number of guanidine groups is 1. The predicted molar refractivity (Wildman–Crippen MR) is 96.9 cm³/mol. The monoisotopic (exact) mass is 329 g/mol. The van der Waals surface area contributed by atoms with Gasteiger partial charge < -0.3 is 20.1 Å². The highest BCUT2D eigenvalue weighted by Gasteiger charge is 2.21. The lowest BCUT2D eigenvalue weighted by atomic mass is 10.1. The van der Waals surface area contributed by atoms with Crippen LogP contribution in [0.4, 0.5) is 0 Å². The Kier molecular flexibility index (Phi) is 5.28. The first kappa shape index (κ1) is 16.7. The molecule has 0 radical (unpaired) electrons. The van der Waals surface area contributed by atoms with Gasteiger partial charge in [-0.05, 0) is 38.8 Å². The van der Waals surface area contributed by atoms with Gasteiger partial charge in [-0.3, -0.25) is 0 Å². The van der Waals surface area contributed by atoms with Crippen LogP contribution in [0.25, 0.3) is 0 Å². The van der Waals surface area contributed by atoms with Crippen molar-refractivity contribution in [3.05, 3.63) is 35.4 Å². The highest BCUT2D eigenvalue weighted by Crippen LogP contribution is 2.35. The van der Waals surface area contributed by atoms with E-state index in [9.17, 15) is 0 Å². The van der Waals surface area contributed by atoms with Gasteiger partial charge in [-0.15, -0.1) is 0 Å². The Bertz CT molecular complexity index is 632. The SMILES string of the molecule is CCNC(=NCc1cc2c(cc1OC)CC(C)O2)NC1CC=CC1. The van der Waals surface area contributed by atoms with E-state index in [4.69, 9.17) is 14.5 Å². The molecule has 1 aliphatic heterocycles. The van der Waals surface area contributed by atoms with Crippen LogP contribution in [0.3, 0.4) is 0 Å². The molecule has 1 unspecified atom stereocenters. The lowest BCUT2D eigenvalue weighted by molar-refractivity contribution is 0.254. The molecule has 2 N–H and O–H groups in total. The van der Waals surface area contributed by atoms with Crippen LogP contribution in [0.1, 0.15) is 37.8 Å². The van der Waals surface area contributed by atoms with E-state index < -0.39 is 0 Å². The van der Waals surface area contributed by atoms with Gasteiger partial charge in [0, 0.05) is 30.1 Å². The number of hydrogen-bond donors (Lipinski definition) is 2. The third-order valence-electron chi connectivity index (χ3n) is 4.40. The molecule has 0 saturated carbocycles. The van der Waals surface area contributed by atoms with Crippen molar-refractivity contribution >= 4 is 5.96 Å². The number of fused-ring (bicyclic) bond motifs is 1. The maximum Gasteiger partial charge on any atom is 0.191 e. The molecule has 1 aromatic rings. The molecule has 1 atom stereocenters. The minimum Gasteiger partial charge on any atom is -0.496 e. The van der Waals surface area contributed by atoms with Gasteiger partial charge in [0.25, 0.3) is 0 Å². The van der Waals surface area contributed by atoms with E-state index in [1.807, 2.05) is 0 Å². The molecule has 1 aliphatic carbocycles. The number of ether oxygens (including phenoxy) is 2. The molecule has 5 heteroatoms. The van der Waals surface area contributed by atoms with E-state index in [2.05, 4.69) is 48.8 Å². The van der Waals surface area contributed by atoms with Crippen molar-refractivity contribution in [2.75, 3.05) is 13.7 Å². The third-order valence-corrected chi connectivity index (χ3v) is 4.40. The number of benzene rings is 1. The summed E-state index contributed by atoms with van der Waals surface area (Å²) in [4.78, 5) is 4.73. The van der Waals surface area contributed by atoms with Gasteiger partial charge in [0.1, 0.15) is 17.6 Å². The molecule has 24 heavy (non-hydrogen) atoms. The highest BCUT2D eigenvalue weighted by molar-refractivity contribution is 5.80. The van der Waals surface area contributed by atoms with Gasteiger partial charge in [-0.2, -0.15) is 0 Å². The molecule has 1 heterocycles. The topological polar surface area (TPSA) is 54.9 Å². The summed E-state index contributed by atoms with van der Waals surface area (Å²) < 4.78 is 11.4. The van der Waals surface area contributed by atoms with Crippen molar-refractivity contribution in [2.24, 2.45) is 4.99 Å². The summed E-state index contributed by atoms with van der Waals surface area (Å²) in [5.41, 5.74) is 2.27. The smallest absolute Gasteiger partial charge is 0.191 e. The summed E-state index contributed by atoms with van der Waals surface area (Å²) in [7, 11) is 1.71. The van der Waals surface area contributed by atoms with Crippen LogP contribution in [-0.2, 0) is 13.0 Å². The molecule has 0 aromatic heterocycles. The summed E-state index contributed by atoms with van der Waals surface area (Å²) >= 11 is 0. The number of nitrogens with zero attached hydrogens (tertiary/aromatic N) is 1. The van der Waals surface area contributed by atoms with Gasteiger partial charge in [-0.1, -0.05) is 12.2 Å². The maximum atomic E-state index is 5.87. The molecule has 0 spiro atoms. The Hall–Kier alpha value is -2.17. The van der Waals surface area contributed by atoms with Crippen molar-refractivity contribution in [2.45, 2.75) is 51.8 Å². The van der Waals surface area contributed by atoms with E-state index in [1.54, 1.807) is 7.11 Å². The maximum absolute atomic E-state index is 5.87. The highest BCUT2D eigenvalue weighted by atomic mass is 16.5. The molecule has 3 rings (SSSR count). The molecule has 2 aliphatic rings. The summed E-state index contributed by atoms with van der Waals surface area (Å²) in [6.45, 7) is 5.57. The average molecular weight is 329 g/mol. The molecule has 5 nitrogen and oxygen atoms in total. The summed E-state index contributed by atoms with van der Waals surface area (Å²) in [6, 6.07) is 4.60. The van der Waals surface area contributed by atoms with E-state index >= 15 is 0 Å². The summed E-state index contributed by atoms with van der Waals surface area (Å²) in [6.07, 6.45) is 7.70. The fourth-order valence-electron chi connectivity index (χ4n) is 3.21. The van der Waals surface area contributed by atoms with Crippen molar-refractivity contribution < 1.29 is 9.47 Å². The van der Waals surface area contributed by atoms with Gasteiger partial charge in [0.2, 0.25) is 0 Å². The average Bonchev–Trinajstić information content (AvgIpc) is 3.19. The van der Waals surface area contributed by atoms with Gasteiger partial charge in [0.15, 0.2) is 5.96 Å². The van der Waals surface area contributed by atoms with Crippen molar-refractivity contribution in [1.82, 2.24) is 10.6 Å². The molecule has 0 fully saturated rings. The number of rotatable bonds is 5. The molecular formula is C19H27N3O2. The lowest BCUT2D eigenvalue weighted by Gasteiger charge is -2.17. The Labute approximate surface area is 144 Å². The van der Waals surface area contributed by atoms with Crippen molar-refractivity contribution in [1.29, 1.82) is 0 Å². The summed E-state index contributed by atoms with van der Waals surface area (Å²) in [5, 5.41) is 6.80. The fourth-order valence-corrected chi connectivity index (χ4v) is 3.21. The minimum atomic E-state index is 0.234. The van der Waals surface area contributed by atoms with Crippen LogP contribution in [0, 0.1) is 0 Å². The Morgan fingerprint density at radius 2 is 2.12 bits per heavy atom. The zero-order valence-corrected chi connectivity index (χ0v) is 14.8. The van der Waals surface area contributed by atoms with Crippen LogP contribution < -0.4 is 20.1 Å². The van der Waals surface area contributed by atoms with E-state index in [-0.39, 0.29) is 6.10 Å². The quantitative estimate of drug-likeness (QED) is 0.495. The molecule has 0 bridgehead atoms. The molecular weight excluding hydrogens is 302 g/mol. The van der Waals surface area contributed by atoms with E-state index in [1.165, 1.54) is 5.56 Å². The predicted octanol–water partition coefficient (Wildman–Crippen LogP) is 2.79. The Morgan fingerprint density at radius 3 is 2.83 bits per heavy atom. The molecule has 130 valence electrons. The van der Waals surface area contributed by atoms with Gasteiger partial charge >= 0.3 is 0 Å². The Balaban J connectivity index is 1.74. The standard InChI is InChI=1S/C19H27N3O2/c1-4-20-19(22-16-7-5-6-8-16)21-12-15-11-18-14(9-13(2)24-18)10-17(15)23-3/h5-6,10-11,13,16H,4,7-9,12H2,1-3H3,(H2,20,21,22). The first-order valence-corrected chi connectivity index (χ1v) is 8.76. The fraction of sp³-hybridized carbons (Fsp3) is 0.526. The number of aliphatic imine (C=N–C) groups is 1. The van der Waals surface area contributed by atoms with Crippen molar-refractivity contribution in [3.63, 3.8) is 0 Å². The largest absolute Gasteiger partial charge is 0.496 e. The Morgan fingerprint density at radius 1 is 1.33 bits per heavy atom. The van der Waals surface area contributed by atoms with Crippen LogP contribution in [0.15, 0.2) is 29.3 Å². The van der Waals surface area contributed by atoms with Crippen LogP contribution in [0.2, 0.25) is 0 Å². The number of methoxy groups -OCH3 is 1. The zero-order valence-electron chi connectivity index (χ0n) is 14.8.